The molecule has 0 saturated carbocycles. The topological polar surface area (TPSA) is 136 Å². The molecule has 1 fully saturated rings. The fraction of sp³-hybridized carbons (Fsp3) is 0.389. The number of sulfonamides is 1. The van der Waals surface area contributed by atoms with E-state index in [1.807, 2.05) is 0 Å². The molecule has 1 aromatic carbocycles. The molecule has 0 bridgehead atoms. The zero-order valence-corrected chi connectivity index (χ0v) is 16.2. The van der Waals surface area contributed by atoms with Crippen LogP contribution in [-0.4, -0.2) is 42.9 Å². The van der Waals surface area contributed by atoms with Crippen molar-refractivity contribution >= 4 is 21.8 Å². The van der Waals surface area contributed by atoms with Crippen molar-refractivity contribution in [3.63, 3.8) is 0 Å². The van der Waals surface area contributed by atoms with Gasteiger partial charge in [-0.05, 0) is 37.5 Å². The Hall–Kier alpha value is -2.72. The summed E-state index contributed by atoms with van der Waals surface area (Å²) in [6.45, 7) is 2.52. The minimum atomic E-state index is -3.75. The van der Waals surface area contributed by atoms with Crippen molar-refractivity contribution < 1.29 is 22.5 Å². The van der Waals surface area contributed by atoms with Crippen LogP contribution in [0.1, 0.15) is 29.9 Å². The van der Waals surface area contributed by atoms with E-state index in [4.69, 9.17) is 9.66 Å². The number of nitrogens with one attached hydrogen (secondary N) is 1. The summed E-state index contributed by atoms with van der Waals surface area (Å²) in [7, 11) is -3.75. The van der Waals surface area contributed by atoms with E-state index in [-0.39, 0.29) is 29.7 Å². The van der Waals surface area contributed by atoms with Crippen LogP contribution in [0.25, 0.3) is 0 Å². The smallest absolute Gasteiger partial charge is 0.243 e. The molecule has 2 amide bonds. The number of primary sulfonamides is 1. The molecule has 2 aromatic rings. The fourth-order valence-corrected chi connectivity index (χ4v) is 3.71. The summed E-state index contributed by atoms with van der Waals surface area (Å²) in [5, 5.41) is 11.6. The van der Waals surface area contributed by atoms with Gasteiger partial charge in [0, 0.05) is 19.2 Å². The summed E-state index contributed by atoms with van der Waals surface area (Å²) in [5.74, 6) is 0.0601. The summed E-state index contributed by atoms with van der Waals surface area (Å²) in [6.07, 6.45) is 1.42. The molecule has 10 heteroatoms. The maximum Gasteiger partial charge on any atom is 0.243 e. The number of aryl methyl sites for hydroxylation is 1. The van der Waals surface area contributed by atoms with Crippen LogP contribution in [-0.2, 0) is 32.6 Å². The number of carbonyl (C=O) groups is 2. The molecule has 1 unspecified atom stereocenters. The van der Waals surface area contributed by atoms with Gasteiger partial charge in [0.05, 0.1) is 17.0 Å². The first-order chi connectivity index (χ1) is 13.2. The highest BCUT2D eigenvalue weighted by atomic mass is 32.2. The molecule has 28 heavy (non-hydrogen) atoms. The summed E-state index contributed by atoms with van der Waals surface area (Å²) in [6, 6.07) is 7.13. The molecule has 1 aromatic heterocycles. The third-order valence-corrected chi connectivity index (χ3v) is 5.53. The van der Waals surface area contributed by atoms with Crippen LogP contribution < -0.4 is 10.5 Å². The number of hydrogen-bond donors (Lipinski definition) is 2. The van der Waals surface area contributed by atoms with Crippen molar-refractivity contribution in [1.29, 1.82) is 0 Å². The minimum absolute atomic E-state index is 0.0118. The average Bonchev–Trinajstić information content (AvgIpc) is 3.28. The van der Waals surface area contributed by atoms with Crippen LogP contribution in [0, 0.1) is 6.92 Å². The van der Waals surface area contributed by atoms with E-state index in [0.717, 1.165) is 12.0 Å². The Bertz CT molecular complexity index is 968. The third kappa shape index (κ3) is 4.76. The highest BCUT2D eigenvalue weighted by Gasteiger charge is 2.34. The van der Waals surface area contributed by atoms with Crippen LogP contribution in [0.5, 0.6) is 0 Å². The predicted octanol–water partition coefficient (Wildman–Crippen LogP) is 0.480. The lowest BCUT2D eigenvalue weighted by molar-refractivity contribution is -0.138. The van der Waals surface area contributed by atoms with Gasteiger partial charge in [-0.15, -0.1) is 0 Å². The predicted molar refractivity (Wildman–Crippen MR) is 99.3 cm³/mol. The molecule has 3 rings (SSSR count). The van der Waals surface area contributed by atoms with Gasteiger partial charge in [-0.25, -0.2) is 13.6 Å². The van der Waals surface area contributed by atoms with Gasteiger partial charge in [0.15, 0.2) is 0 Å². The number of carbonyl (C=O) groups excluding carboxylic acids is 2. The molecule has 0 spiro atoms. The second-order valence-electron chi connectivity index (χ2n) is 6.76. The number of benzene rings is 1. The molecule has 1 aliphatic rings. The maximum atomic E-state index is 12.6. The molecule has 2 heterocycles. The summed E-state index contributed by atoms with van der Waals surface area (Å²) in [5.41, 5.74) is 1.43. The number of nitrogens with two attached hydrogens (primary N) is 1. The van der Waals surface area contributed by atoms with Crippen LogP contribution in [0.4, 0.5) is 0 Å². The average molecular weight is 406 g/mol. The monoisotopic (exact) mass is 406 g/mol. The summed E-state index contributed by atoms with van der Waals surface area (Å²) < 4.78 is 27.6. The van der Waals surface area contributed by atoms with Gasteiger partial charge >= 0.3 is 0 Å². The van der Waals surface area contributed by atoms with Crippen LogP contribution >= 0.6 is 0 Å². The molecule has 0 aliphatic carbocycles. The van der Waals surface area contributed by atoms with E-state index in [1.165, 1.54) is 12.1 Å². The largest absolute Gasteiger partial charge is 0.361 e. The number of aromatic nitrogens is 1. The number of hydrogen-bond acceptors (Lipinski definition) is 6. The second-order valence-corrected chi connectivity index (χ2v) is 8.32. The van der Waals surface area contributed by atoms with Gasteiger partial charge < -0.3 is 14.7 Å². The normalized spacial score (nSPS) is 16.9. The molecule has 1 aliphatic heterocycles. The van der Waals surface area contributed by atoms with Crippen LogP contribution in [0.15, 0.2) is 39.8 Å². The second kappa shape index (κ2) is 8.11. The molecule has 150 valence electrons. The van der Waals surface area contributed by atoms with E-state index in [1.54, 1.807) is 30.0 Å². The Labute approximate surface area is 162 Å². The van der Waals surface area contributed by atoms with Gasteiger partial charge in [0.25, 0.3) is 0 Å². The first-order valence-corrected chi connectivity index (χ1v) is 10.4. The minimum Gasteiger partial charge on any atom is -0.361 e. The van der Waals surface area contributed by atoms with Gasteiger partial charge in [0.2, 0.25) is 21.8 Å². The van der Waals surface area contributed by atoms with Gasteiger partial charge in [-0.3, -0.25) is 9.59 Å². The van der Waals surface area contributed by atoms with Gasteiger partial charge in [-0.1, -0.05) is 17.3 Å². The maximum absolute atomic E-state index is 12.6. The lowest BCUT2D eigenvalue weighted by Crippen LogP contribution is -2.46. The van der Waals surface area contributed by atoms with Crippen LogP contribution in [0.3, 0.4) is 0 Å². The van der Waals surface area contributed by atoms with E-state index < -0.39 is 16.1 Å². The van der Waals surface area contributed by atoms with E-state index in [2.05, 4.69) is 10.5 Å². The first kappa shape index (κ1) is 20.0. The van der Waals surface area contributed by atoms with Crippen molar-refractivity contribution in [2.75, 3.05) is 6.54 Å². The standard InChI is InChI=1S/C18H22N4O5S/c1-12-9-14(27-21-12)10-17(23)22-8-2-3-16(22)18(24)20-11-13-4-6-15(7-5-13)28(19,25)26/h4-7,9,16H,2-3,8,10-11H2,1H3,(H,20,24)(H2,19,25,26). The molecule has 9 nitrogen and oxygen atoms in total. The summed E-state index contributed by atoms with van der Waals surface area (Å²) in [4.78, 5) is 26.7. The Morgan fingerprint density at radius 2 is 2.04 bits per heavy atom. The number of likely N-dealkylation sites (tertiary alicyclic amines) is 1. The summed E-state index contributed by atoms with van der Waals surface area (Å²) >= 11 is 0. The van der Waals surface area contributed by atoms with Crippen molar-refractivity contribution in [2.24, 2.45) is 5.14 Å². The SMILES string of the molecule is Cc1cc(CC(=O)N2CCCC2C(=O)NCc2ccc(S(N)(=O)=O)cc2)on1. The number of rotatable bonds is 6. The van der Waals surface area contributed by atoms with E-state index >= 15 is 0 Å². The lowest BCUT2D eigenvalue weighted by atomic mass is 10.1. The van der Waals surface area contributed by atoms with E-state index in [0.29, 0.717) is 24.4 Å². The van der Waals surface area contributed by atoms with Crippen molar-refractivity contribution in [3.05, 3.63) is 47.3 Å². The molecular formula is C18H22N4O5S. The first-order valence-electron chi connectivity index (χ1n) is 8.85. The number of amides is 2. The zero-order chi connectivity index (χ0) is 20.3. The highest BCUT2D eigenvalue weighted by Crippen LogP contribution is 2.19. The van der Waals surface area contributed by atoms with Crippen molar-refractivity contribution in [2.45, 2.75) is 43.7 Å². The Morgan fingerprint density at radius 1 is 1.32 bits per heavy atom. The lowest BCUT2D eigenvalue weighted by Gasteiger charge is -2.23. The Balaban J connectivity index is 1.57. The van der Waals surface area contributed by atoms with Crippen LogP contribution in [0.2, 0.25) is 0 Å². The highest BCUT2D eigenvalue weighted by molar-refractivity contribution is 7.89. The molecule has 1 atom stereocenters. The zero-order valence-electron chi connectivity index (χ0n) is 15.4. The molecule has 3 N–H and O–H groups in total. The number of nitrogens with zero attached hydrogens (tertiary/aromatic N) is 2. The van der Waals surface area contributed by atoms with Crippen molar-refractivity contribution in [3.8, 4) is 0 Å². The molecule has 0 radical (unpaired) electrons. The van der Waals surface area contributed by atoms with Crippen molar-refractivity contribution in [1.82, 2.24) is 15.4 Å². The van der Waals surface area contributed by atoms with Gasteiger partial charge in [0.1, 0.15) is 11.8 Å². The fourth-order valence-electron chi connectivity index (χ4n) is 3.19. The van der Waals surface area contributed by atoms with Gasteiger partial charge in [-0.2, -0.15) is 0 Å². The Kier molecular flexibility index (Phi) is 5.80. The molecular weight excluding hydrogens is 384 g/mol. The Morgan fingerprint density at radius 3 is 2.64 bits per heavy atom. The quantitative estimate of drug-likeness (QED) is 0.716. The van der Waals surface area contributed by atoms with E-state index in [9.17, 15) is 18.0 Å². The molecule has 1 saturated heterocycles. The third-order valence-electron chi connectivity index (χ3n) is 4.60.